The number of β-amino-alcohol motifs (C(OH)–C–C–N with tert-alkyl or cyclic N) is 1. The van der Waals surface area contributed by atoms with Crippen molar-refractivity contribution in [3.05, 3.63) is 111 Å². The molecule has 384 valence electrons. The fourth-order valence-corrected chi connectivity index (χ4v) is 12.2. The van der Waals surface area contributed by atoms with Crippen molar-refractivity contribution in [3.8, 4) is 26.6 Å². The molecule has 0 spiro atoms. The Bertz CT molecular complexity index is 2870. The largest absolute Gasteiger partial charge is 0.488 e. The molecule has 3 aliphatic heterocycles. The van der Waals surface area contributed by atoms with E-state index in [2.05, 4.69) is 38.5 Å². The quantitative estimate of drug-likeness (QED) is 0.0627. The van der Waals surface area contributed by atoms with Crippen LogP contribution in [0.3, 0.4) is 0 Å². The van der Waals surface area contributed by atoms with Crippen molar-refractivity contribution in [1.29, 1.82) is 0 Å². The van der Waals surface area contributed by atoms with E-state index in [4.69, 9.17) is 4.74 Å². The minimum atomic E-state index is -1.19. The van der Waals surface area contributed by atoms with E-state index in [1.54, 1.807) is 45.8 Å². The first kappa shape index (κ1) is 51.7. The summed E-state index contributed by atoms with van der Waals surface area (Å²) in [5.74, 6) is -1.47. The third-order valence-corrected chi connectivity index (χ3v) is 16.9. The second kappa shape index (κ2) is 22.1. The molecule has 6 amide bonds. The number of ether oxygens (including phenoxy) is 1. The zero-order valence-electron chi connectivity index (χ0n) is 41.5. The van der Waals surface area contributed by atoms with Gasteiger partial charge >= 0.3 is 0 Å². The summed E-state index contributed by atoms with van der Waals surface area (Å²) in [6, 6.07) is 18.1. The number of thiazole rings is 2. The van der Waals surface area contributed by atoms with Gasteiger partial charge in [0.25, 0.3) is 5.91 Å². The molecule has 9 rings (SSSR count). The lowest BCUT2D eigenvalue weighted by atomic mass is 9.74. The van der Waals surface area contributed by atoms with E-state index in [1.165, 1.54) is 9.80 Å². The van der Waals surface area contributed by atoms with E-state index in [1.807, 2.05) is 87.2 Å². The number of hydrogen-bond donors (Lipinski definition) is 5. The van der Waals surface area contributed by atoms with E-state index in [-0.39, 0.29) is 87.3 Å². The molecule has 3 fully saturated rings. The molecule has 73 heavy (non-hydrogen) atoms. The molecule has 5 atom stereocenters. The Balaban J connectivity index is 0.863. The summed E-state index contributed by atoms with van der Waals surface area (Å²) >= 11 is 7.56. The Kier molecular flexibility index (Phi) is 15.7. The van der Waals surface area contributed by atoms with Crippen LogP contribution in [0.25, 0.3) is 20.9 Å². The van der Waals surface area contributed by atoms with Gasteiger partial charge in [0, 0.05) is 56.8 Å². The van der Waals surface area contributed by atoms with Gasteiger partial charge in [-0.25, -0.2) is 9.97 Å². The Hall–Kier alpha value is -6.15. The molecule has 1 aliphatic carbocycles. The summed E-state index contributed by atoms with van der Waals surface area (Å²) in [7, 11) is 0. The van der Waals surface area contributed by atoms with Gasteiger partial charge in [-0.2, -0.15) is 12.6 Å². The van der Waals surface area contributed by atoms with Crippen molar-refractivity contribution >= 4 is 70.7 Å². The number of benzene rings is 3. The van der Waals surface area contributed by atoms with Crippen LogP contribution in [0.15, 0.2) is 77.8 Å². The Morgan fingerprint density at radius 3 is 1.93 bits per heavy atom. The lowest BCUT2D eigenvalue weighted by Crippen LogP contribution is -2.65. The average Bonchev–Trinajstić information content (AvgIpc) is 4.23. The van der Waals surface area contributed by atoms with Crippen LogP contribution in [-0.2, 0) is 43.6 Å². The van der Waals surface area contributed by atoms with Crippen molar-refractivity contribution in [2.24, 2.45) is 5.92 Å². The number of hydrogen-bond acceptors (Lipinski definition) is 13. The van der Waals surface area contributed by atoms with Crippen molar-refractivity contribution in [2.75, 3.05) is 18.8 Å². The van der Waals surface area contributed by atoms with Gasteiger partial charge in [0.2, 0.25) is 29.5 Å². The first-order valence-corrected chi connectivity index (χ1v) is 27.4. The topological polar surface area (TPSA) is 203 Å². The smallest absolute Gasteiger partial charge is 0.255 e. The predicted molar refractivity (Wildman–Crippen MR) is 282 cm³/mol. The van der Waals surface area contributed by atoms with Gasteiger partial charge in [-0.1, -0.05) is 68.4 Å². The van der Waals surface area contributed by atoms with Crippen LogP contribution in [0.5, 0.6) is 5.75 Å². The second-order valence-corrected chi connectivity index (χ2v) is 22.1. The number of nitrogens with one attached hydrogen (secondary N) is 3. The molecule has 4 aliphatic rings. The zero-order chi connectivity index (χ0) is 51.6. The van der Waals surface area contributed by atoms with Crippen molar-refractivity contribution in [3.63, 3.8) is 0 Å². The molecule has 3 aromatic carbocycles. The van der Waals surface area contributed by atoms with Gasteiger partial charge in [0.05, 0.1) is 44.8 Å². The molecule has 5 heterocycles. The van der Waals surface area contributed by atoms with Crippen LogP contribution in [0, 0.1) is 19.8 Å². The number of thiol groups is 1. The number of aliphatic hydroxyl groups is 1. The van der Waals surface area contributed by atoms with Gasteiger partial charge in [-0.15, -0.1) is 22.7 Å². The molecule has 16 nitrogen and oxygen atoms in total. The molecular weight excluding hydrogens is 985 g/mol. The highest BCUT2D eigenvalue weighted by Crippen LogP contribution is 2.45. The molecule has 0 radical (unpaired) electrons. The number of aliphatic hydroxyl groups excluding tert-OH is 1. The summed E-state index contributed by atoms with van der Waals surface area (Å²) in [5.41, 5.74) is 9.25. The van der Waals surface area contributed by atoms with E-state index in [9.17, 15) is 33.9 Å². The standard InChI is InChI=1S/C54H62N8O8S3/c1-31(2)6-17-46(64)59-43(28-71)52(68)60-27-41(22-45(60)50(66)56-24-35-9-13-37(14-10-35)48-33(4)58-30-73-48)70-40-16-15-38-25-62(51(67)42(38)21-40)54(18-5-19-54)53(69)61-26-39(63)20-44(61)49(65)55-23-34-7-11-36(12-8-34)47-32(3)57-29-72-47/h7-16,21,29-31,39,41,43-45,63,71H,5-6,17-20,22-28H2,1-4H3,(H,55,65)(H,56,66)(H,59,64)/t39-,41-,43?,44+,45+/m1/s1. The Morgan fingerprint density at radius 2 is 1.41 bits per heavy atom. The number of aromatic nitrogens is 2. The number of carbonyl (C=O) groups is 6. The molecule has 2 saturated heterocycles. The summed E-state index contributed by atoms with van der Waals surface area (Å²) in [6.45, 7) is 8.63. The molecule has 5 aromatic rings. The lowest BCUT2D eigenvalue weighted by molar-refractivity contribution is -0.153. The number of nitrogens with zero attached hydrogens (tertiary/aromatic N) is 5. The molecule has 4 N–H and O–H groups in total. The van der Waals surface area contributed by atoms with Gasteiger partial charge in [-0.05, 0) is 85.4 Å². The highest BCUT2D eigenvalue weighted by atomic mass is 32.1. The molecule has 2 aromatic heterocycles. The van der Waals surface area contributed by atoms with Gasteiger partial charge in [-0.3, -0.25) is 28.8 Å². The zero-order valence-corrected chi connectivity index (χ0v) is 44.0. The Labute approximate surface area is 438 Å². The maximum atomic E-state index is 14.7. The summed E-state index contributed by atoms with van der Waals surface area (Å²) in [4.78, 5) is 99.6. The molecule has 19 heteroatoms. The number of fused-ring (bicyclic) bond motifs is 1. The third kappa shape index (κ3) is 11.1. The van der Waals surface area contributed by atoms with Crippen molar-refractivity contribution in [2.45, 2.75) is 128 Å². The fraction of sp³-hybridized carbons (Fsp3) is 0.444. The SMILES string of the molecule is Cc1ncsc1-c1ccc(CNC(=O)[C@@H]2C[C@@H](Oc3ccc4c(c3)C(=O)N(C3(C(=O)N5C[C@H](O)C[C@H]5C(=O)NCc5ccc(-c6scnc6C)cc5)CCC3)C4)CN2C(=O)C(CS)NC(=O)CCC(C)C)cc1. The van der Waals surface area contributed by atoms with E-state index >= 15 is 0 Å². The van der Waals surface area contributed by atoms with Crippen LogP contribution in [0.1, 0.15) is 97.2 Å². The van der Waals surface area contributed by atoms with Gasteiger partial charge in [0.1, 0.15) is 35.5 Å². The molecule has 1 saturated carbocycles. The molecule has 1 unspecified atom stereocenters. The van der Waals surface area contributed by atoms with Crippen LogP contribution >= 0.6 is 35.3 Å². The summed E-state index contributed by atoms with van der Waals surface area (Å²) in [6.07, 6.45) is 1.13. The number of aryl methyl sites for hydroxylation is 2. The minimum absolute atomic E-state index is 0.0192. The third-order valence-electron chi connectivity index (χ3n) is 14.6. The minimum Gasteiger partial charge on any atom is -0.488 e. The maximum absolute atomic E-state index is 14.7. The van der Waals surface area contributed by atoms with Gasteiger partial charge < -0.3 is 40.5 Å². The molecule has 0 bridgehead atoms. The number of rotatable bonds is 18. The highest BCUT2D eigenvalue weighted by molar-refractivity contribution is 7.80. The fourth-order valence-electron chi connectivity index (χ4n) is 10.3. The maximum Gasteiger partial charge on any atom is 0.255 e. The second-order valence-electron chi connectivity index (χ2n) is 20.0. The number of likely N-dealkylation sites (tertiary alicyclic amines) is 2. The van der Waals surface area contributed by atoms with E-state index < -0.39 is 41.8 Å². The lowest BCUT2D eigenvalue weighted by Gasteiger charge is -2.49. The van der Waals surface area contributed by atoms with Crippen molar-refractivity contribution in [1.82, 2.24) is 40.6 Å². The monoisotopic (exact) mass is 1050 g/mol. The number of amides is 6. The van der Waals surface area contributed by atoms with E-state index in [0.717, 1.165) is 43.4 Å². The first-order chi connectivity index (χ1) is 35.1. The van der Waals surface area contributed by atoms with Crippen LogP contribution < -0.4 is 20.7 Å². The number of carbonyl (C=O) groups excluding carboxylic acids is 6. The summed E-state index contributed by atoms with van der Waals surface area (Å²) < 4.78 is 6.51. The predicted octanol–water partition coefficient (Wildman–Crippen LogP) is 6.22. The van der Waals surface area contributed by atoms with Crippen LogP contribution in [0.2, 0.25) is 0 Å². The van der Waals surface area contributed by atoms with Gasteiger partial charge in [0.15, 0.2) is 0 Å². The first-order valence-electron chi connectivity index (χ1n) is 25.0. The summed E-state index contributed by atoms with van der Waals surface area (Å²) in [5, 5.41) is 19.7. The Morgan fingerprint density at radius 1 is 0.822 bits per heavy atom. The van der Waals surface area contributed by atoms with Crippen LogP contribution in [0.4, 0.5) is 0 Å². The molecular formula is C54H62N8O8S3. The highest BCUT2D eigenvalue weighted by Gasteiger charge is 2.57. The normalized spacial score (nSPS) is 20.4. The van der Waals surface area contributed by atoms with Crippen LogP contribution in [-0.4, -0.2) is 120 Å². The van der Waals surface area contributed by atoms with Crippen molar-refractivity contribution < 1.29 is 38.6 Å². The average molecular weight is 1050 g/mol. The van der Waals surface area contributed by atoms with E-state index in [0.29, 0.717) is 48.5 Å².